The summed E-state index contributed by atoms with van der Waals surface area (Å²) in [5.74, 6) is -6.18. The van der Waals surface area contributed by atoms with Gasteiger partial charge in [-0.2, -0.15) is 13.2 Å². The number of aliphatic hydroxyl groups is 1. The van der Waals surface area contributed by atoms with Gasteiger partial charge in [-0.25, -0.2) is 18.2 Å². The van der Waals surface area contributed by atoms with Crippen LogP contribution in [0.3, 0.4) is 0 Å². The van der Waals surface area contributed by atoms with Gasteiger partial charge >= 0.3 is 6.18 Å². The number of hydrogen-bond acceptors (Lipinski definition) is 5. The van der Waals surface area contributed by atoms with Gasteiger partial charge in [0.05, 0.1) is 11.5 Å². The summed E-state index contributed by atoms with van der Waals surface area (Å²) in [4.78, 5) is 30.0. The first kappa shape index (κ1) is 25.5. The number of aromatic nitrogens is 2. The Morgan fingerprint density at radius 2 is 1.83 bits per heavy atom. The quantitative estimate of drug-likeness (QED) is 0.419. The van der Waals surface area contributed by atoms with Gasteiger partial charge in [-0.15, -0.1) is 0 Å². The molecule has 13 heteroatoms. The van der Waals surface area contributed by atoms with Crippen molar-refractivity contribution in [2.45, 2.75) is 38.1 Å². The Labute approximate surface area is 199 Å². The zero-order valence-corrected chi connectivity index (χ0v) is 18.7. The van der Waals surface area contributed by atoms with Crippen LogP contribution >= 0.6 is 0 Å². The molecule has 1 fully saturated rings. The molecule has 1 aliphatic carbocycles. The molecule has 3 N–H and O–H groups in total. The van der Waals surface area contributed by atoms with E-state index in [4.69, 9.17) is 0 Å². The summed E-state index contributed by atoms with van der Waals surface area (Å²) in [6, 6.07) is 0.995. The molecule has 36 heavy (non-hydrogen) atoms. The van der Waals surface area contributed by atoms with Crippen LogP contribution in [0.1, 0.15) is 30.1 Å². The van der Waals surface area contributed by atoms with Crippen LogP contribution in [0.15, 0.2) is 35.3 Å². The highest BCUT2D eigenvalue weighted by Crippen LogP contribution is 2.40. The molecule has 2 atom stereocenters. The molecule has 1 saturated carbocycles. The average molecular weight is 514 g/mol. The number of fused-ring (bicyclic) bond motifs is 1. The monoisotopic (exact) mass is 514 g/mol. The largest absolute Gasteiger partial charge is 0.408 e. The van der Waals surface area contributed by atoms with Gasteiger partial charge in [0.2, 0.25) is 5.43 Å². The molecule has 0 saturated heterocycles. The molecule has 0 bridgehead atoms. The van der Waals surface area contributed by atoms with Crippen molar-refractivity contribution in [1.82, 2.24) is 14.9 Å². The Morgan fingerprint density at radius 3 is 2.39 bits per heavy atom. The molecule has 1 aliphatic rings. The predicted molar refractivity (Wildman–Crippen MR) is 117 cm³/mol. The van der Waals surface area contributed by atoms with Crippen molar-refractivity contribution in [3.63, 3.8) is 0 Å². The van der Waals surface area contributed by atoms with E-state index in [9.17, 15) is 41.0 Å². The van der Waals surface area contributed by atoms with Crippen LogP contribution in [0.2, 0.25) is 0 Å². The molecule has 192 valence electrons. The Bertz CT molecular complexity index is 1360. The maximum Gasteiger partial charge on any atom is 0.408 e. The molecule has 0 spiro atoms. The lowest BCUT2D eigenvalue weighted by Crippen LogP contribution is -2.48. The minimum absolute atomic E-state index is 0.0303. The van der Waals surface area contributed by atoms with E-state index >= 15 is 0 Å². The van der Waals surface area contributed by atoms with Gasteiger partial charge in [0, 0.05) is 24.9 Å². The van der Waals surface area contributed by atoms with Gasteiger partial charge in [-0.3, -0.25) is 14.2 Å². The molecule has 4 rings (SSSR count). The lowest BCUT2D eigenvalue weighted by atomic mass is 10.1. The number of carbonyl (C=O) groups excluding carboxylic acids is 1. The molecule has 0 radical (unpaired) electrons. The maximum absolute atomic E-state index is 14.7. The number of rotatable bonds is 7. The topological polar surface area (TPSA) is 96.3 Å². The van der Waals surface area contributed by atoms with E-state index in [0.717, 1.165) is 0 Å². The molecular weight excluding hydrogens is 494 g/mol. The predicted octanol–water partition coefficient (Wildman–Crippen LogP) is 3.67. The highest BCUT2D eigenvalue weighted by atomic mass is 19.4. The number of nitrogens with zero attached hydrogens (tertiary/aromatic N) is 2. The molecule has 0 aliphatic heterocycles. The summed E-state index contributed by atoms with van der Waals surface area (Å²) >= 11 is 0. The standard InChI is InChI=1S/C23H20F6N4O3/c1-10(34)8-30-17-5-4-13-19(35)14(22(36)32-20(11-2-3-11)23(27,28)29)9-33(21(13)31-17)18-15(25)6-12(24)7-16(18)26/h4-7,9-11,20,34H,2-3,8H2,1H3,(H,30,31)(H,32,36). The molecule has 1 amide bonds. The average Bonchev–Trinajstić information content (AvgIpc) is 3.61. The number of halogens is 6. The second-order valence-electron chi connectivity index (χ2n) is 8.59. The minimum Gasteiger partial charge on any atom is -0.392 e. The second kappa shape index (κ2) is 9.45. The number of amides is 1. The van der Waals surface area contributed by atoms with E-state index < -0.39 is 64.3 Å². The van der Waals surface area contributed by atoms with E-state index in [2.05, 4.69) is 10.3 Å². The Hall–Kier alpha value is -3.61. The van der Waals surface area contributed by atoms with Crippen LogP contribution < -0.4 is 16.1 Å². The van der Waals surface area contributed by atoms with Crippen LogP contribution in [0.25, 0.3) is 16.7 Å². The van der Waals surface area contributed by atoms with Gasteiger partial charge < -0.3 is 15.7 Å². The number of nitrogens with one attached hydrogen (secondary N) is 2. The molecule has 2 heterocycles. The minimum atomic E-state index is -4.77. The van der Waals surface area contributed by atoms with E-state index in [0.29, 0.717) is 22.9 Å². The Kier molecular flexibility index (Phi) is 6.69. The van der Waals surface area contributed by atoms with Gasteiger partial charge in [0.15, 0.2) is 17.3 Å². The number of anilines is 1. The van der Waals surface area contributed by atoms with Crippen molar-refractivity contribution < 1.29 is 36.2 Å². The normalized spacial score (nSPS) is 15.6. The van der Waals surface area contributed by atoms with Crippen molar-refractivity contribution in [3.8, 4) is 5.69 Å². The van der Waals surface area contributed by atoms with Crippen LogP contribution in [-0.4, -0.2) is 45.4 Å². The third-order valence-corrected chi connectivity index (χ3v) is 5.63. The first-order valence-electron chi connectivity index (χ1n) is 10.9. The summed E-state index contributed by atoms with van der Waals surface area (Å²) in [5, 5.41) is 13.7. The van der Waals surface area contributed by atoms with Crippen LogP contribution in [0.4, 0.5) is 32.2 Å². The first-order valence-corrected chi connectivity index (χ1v) is 10.9. The number of carbonyl (C=O) groups is 1. The van der Waals surface area contributed by atoms with Crippen LogP contribution in [-0.2, 0) is 0 Å². The van der Waals surface area contributed by atoms with Crippen LogP contribution in [0, 0.1) is 23.4 Å². The molecular formula is C23H20F6N4O3. The summed E-state index contributed by atoms with van der Waals surface area (Å²) in [6.45, 7) is 1.51. The fourth-order valence-electron chi connectivity index (χ4n) is 3.77. The summed E-state index contributed by atoms with van der Waals surface area (Å²) in [5.41, 5.74) is -3.09. The molecule has 3 aromatic rings. The van der Waals surface area contributed by atoms with Crippen molar-refractivity contribution in [2.75, 3.05) is 11.9 Å². The number of pyridine rings is 2. The maximum atomic E-state index is 14.7. The van der Waals surface area contributed by atoms with E-state index in [-0.39, 0.29) is 36.2 Å². The first-order chi connectivity index (χ1) is 16.9. The number of benzene rings is 1. The van der Waals surface area contributed by atoms with Crippen LogP contribution in [0.5, 0.6) is 0 Å². The lowest BCUT2D eigenvalue weighted by molar-refractivity contribution is -0.158. The molecule has 7 nitrogen and oxygen atoms in total. The highest BCUT2D eigenvalue weighted by molar-refractivity contribution is 5.97. The smallest absolute Gasteiger partial charge is 0.392 e. The van der Waals surface area contributed by atoms with Gasteiger partial charge in [0.25, 0.3) is 5.91 Å². The SMILES string of the molecule is CC(O)CNc1ccc2c(=O)c(C(=O)NC(C3CC3)C(F)(F)F)cn(-c3c(F)cc(F)cc3F)c2n1. The molecule has 2 unspecified atom stereocenters. The van der Waals surface area contributed by atoms with Gasteiger partial charge in [-0.05, 0) is 37.8 Å². The van der Waals surface area contributed by atoms with E-state index in [1.54, 1.807) is 0 Å². The fourth-order valence-corrected chi connectivity index (χ4v) is 3.77. The summed E-state index contributed by atoms with van der Waals surface area (Å²) in [6.07, 6.45) is -4.41. The Morgan fingerprint density at radius 1 is 1.19 bits per heavy atom. The number of alkyl halides is 3. The third kappa shape index (κ3) is 5.15. The summed E-state index contributed by atoms with van der Waals surface area (Å²) in [7, 11) is 0. The van der Waals surface area contributed by atoms with Crippen molar-refractivity contribution in [2.24, 2.45) is 5.92 Å². The summed E-state index contributed by atoms with van der Waals surface area (Å²) < 4.78 is 83.9. The van der Waals surface area contributed by atoms with Gasteiger partial charge in [-0.1, -0.05) is 0 Å². The zero-order valence-electron chi connectivity index (χ0n) is 18.7. The van der Waals surface area contributed by atoms with E-state index in [1.807, 2.05) is 5.32 Å². The Balaban J connectivity index is 1.90. The highest BCUT2D eigenvalue weighted by Gasteiger charge is 2.49. The molecule has 2 aromatic heterocycles. The zero-order chi connectivity index (χ0) is 26.4. The van der Waals surface area contributed by atoms with Crippen molar-refractivity contribution in [1.29, 1.82) is 0 Å². The number of aliphatic hydroxyl groups excluding tert-OH is 1. The second-order valence-corrected chi connectivity index (χ2v) is 8.59. The number of hydrogen-bond donors (Lipinski definition) is 3. The van der Waals surface area contributed by atoms with E-state index in [1.165, 1.54) is 19.1 Å². The van der Waals surface area contributed by atoms with Crippen molar-refractivity contribution >= 4 is 22.8 Å². The van der Waals surface area contributed by atoms with Gasteiger partial charge in [0.1, 0.15) is 28.9 Å². The molecule has 1 aromatic carbocycles. The fraction of sp³-hybridized carbons (Fsp3) is 0.348. The van der Waals surface area contributed by atoms with Crippen molar-refractivity contribution in [3.05, 3.63) is 63.7 Å². The third-order valence-electron chi connectivity index (χ3n) is 5.63. The lowest BCUT2D eigenvalue weighted by Gasteiger charge is -2.22.